The van der Waals surface area contributed by atoms with Crippen molar-refractivity contribution in [3.8, 4) is 0 Å². The van der Waals surface area contributed by atoms with E-state index < -0.39 is 35.8 Å². The van der Waals surface area contributed by atoms with Crippen molar-refractivity contribution in [1.82, 2.24) is 30.9 Å². The lowest BCUT2D eigenvalue weighted by Gasteiger charge is -2.14. The van der Waals surface area contributed by atoms with Crippen molar-refractivity contribution in [3.63, 3.8) is 0 Å². The first-order chi connectivity index (χ1) is 15.9. The SMILES string of the molecule is NC[C@@H]1NC(=O)c2coc(n2)[C@H](CN)NC(=O)c2coc(n2)[C@H](CN)NC(=O)c2nc1co2. The van der Waals surface area contributed by atoms with Crippen molar-refractivity contribution < 1.29 is 27.6 Å². The lowest BCUT2D eigenvalue weighted by Crippen LogP contribution is -2.36. The summed E-state index contributed by atoms with van der Waals surface area (Å²) in [6.07, 6.45) is 3.41. The van der Waals surface area contributed by atoms with Crippen LogP contribution in [0.5, 0.6) is 0 Å². The second kappa shape index (κ2) is 9.19. The number of nitrogens with one attached hydrogen (secondary N) is 3. The fourth-order valence-electron chi connectivity index (χ4n) is 3.04. The van der Waals surface area contributed by atoms with E-state index in [0.29, 0.717) is 0 Å². The summed E-state index contributed by atoms with van der Waals surface area (Å²) < 4.78 is 15.9. The molecule has 3 aromatic heterocycles. The minimum Gasteiger partial charge on any atom is -0.446 e. The summed E-state index contributed by atoms with van der Waals surface area (Å²) in [6, 6.07) is -2.52. The summed E-state index contributed by atoms with van der Waals surface area (Å²) in [5.41, 5.74) is 17.3. The van der Waals surface area contributed by atoms with Crippen LogP contribution in [-0.4, -0.2) is 52.3 Å². The van der Waals surface area contributed by atoms with Gasteiger partial charge in [0.1, 0.15) is 36.6 Å². The van der Waals surface area contributed by atoms with Gasteiger partial charge in [0, 0.05) is 19.6 Å². The first-order valence-electron chi connectivity index (χ1n) is 9.82. The first kappa shape index (κ1) is 22.1. The summed E-state index contributed by atoms with van der Waals surface area (Å²) >= 11 is 0. The molecule has 174 valence electrons. The fourth-order valence-corrected chi connectivity index (χ4v) is 3.04. The Morgan fingerprint density at radius 2 is 1.15 bits per heavy atom. The van der Waals surface area contributed by atoms with E-state index in [1.807, 2.05) is 0 Å². The molecule has 4 heterocycles. The van der Waals surface area contributed by atoms with E-state index in [-0.39, 0.29) is 54.4 Å². The number of rotatable bonds is 3. The van der Waals surface area contributed by atoms with Gasteiger partial charge in [-0.3, -0.25) is 14.4 Å². The zero-order chi connectivity index (χ0) is 23.5. The average molecular weight is 459 g/mol. The molecule has 6 bridgehead atoms. The van der Waals surface area contributed by atoms with Crippen LogP contribution in [0.2, 0.25) is 0 Å². The second-order valence-corrected chi connectivity index (χ2v) is 7.00. The molecule has 1 aliphatic heterocycles. The van der Waals surface area contributed by atoms with Gasteiger partial charge in [-0.15, -0.1) is 0 Å². The van der Waals surface area contributed by atoms with Gasteiger partial charge in [0.25, 0.3) is 17.7 Å². The van der Waals surface area contributed by atoms with Crippen LogP contribution in [-0.2, 0) is 0 Å². The third-order valence-electron chi connectivity index (χ3n) is 4.80. The Kier molecular flexibility index (Phi) is 6.16. The highest BCUT2D eigenvalue weighted by Crippen LogP contribution is 2.18. The van der Waals surface area contributed by atoms with Crippen molar-refractivity contribution in [2.75, 3.05) is 19.6 Å². The zero-order valence-corrected chi connectivity index (χ0v) is 17.1. The van der Waals surface area contributed by atoms with Crippen LogP contribution in [0.15, 0.2) is 32.0 Å². The van der Waals surface area contributed by atoms with Crippen LogP contribution in [0.25, 0.3) is 0 Å². The number of oxazole rings is 3. The third kappa shape index (κ3) is 4.45. The molecule has 4 rings (SSSR count). The Bertz CT molecular complexity index is 1020. The Balaban J connectivity index is 1.73. The molecule has 33 heavy (non-hydrogen) atoms. The molecule has 1 aliphatic rings. The molecule has 0 fully saturated rings. The molecule has 15 heteroatoms. The first-order valence-corrected chi connectivity index (χ1v) is 9.82. The Morgan fingerprint density at radius 1 is 0.667 bits per heavy atom. The van der Waals surface area contributed by atoms with Gasteiger partial charge in [0.15, 0.2) is 11.4 Å². The molecule has 15 nitrogen and oxygen atoms in total. The van der Waals surface area contributed by atoms with Gasteiger partial charge in [-0.1, -0.05) is 0 Å². The number of aromatic nitrogens is 3. The molecule has 0 aliphatic carbocycles. The number of hydrogen-bond acceptors (Lipinski definition) is 12. The van der Waals surface area contributed by atoms with Gasteiger partial charge in [0.2, 0.25) is 11.8 Å². The highest BCUT2D eigenvalue weighted by molar-refractivity contribution is 5.93. The van der Waals surface area contributed by atoms with Crippen LogP contribution in [0.1, 0.15) is 67.3 Å². The maximum Gasteiger partial charge on any atom is 0.307 e. The van der Waals surface area contributed by atoms with Gasteiger partial charge in [0.05, 0.1) is 6.04 Å². The monoisotopic (exact) mass is 459 g/mol. The van der Waals surface area contributed by atoms with E-state index in [4.69, 9.17) is 30.5 Å². The maximum atomic E-state index is 12.6. The van der Waals surface area contributed by atoms with E-state index >= 15 is 0 Å². The number of carbonyl (C=O) groups is 3. The molecule has 0 saturated carbocycles. The molecule has 3 aromatic rings. The second-order valence-electron chi connectivity index (χ2n) is 7.00. The molecule has 0 spiro atoms. The number of carbonyl (C=O) groups excluding carboxylic acids is 3. The van der Waals surface area contributed by atoms with E-state index in [1.54, 1.807) is 0 Å². The van der Waals surface area contributed by atoms with Gasteiger partial charge in [-0.25, -0.2) is 15.0 Å². The van der Waals surface area contributed by atoms with Crippen LogP contribution in [0, 0.1) is 0 Å². The van der Waals surface area contributed by atoms with Gasteiger partial charge < -0.3 is 46.4 Å². The average Bonchev–Trinajstić information content (AvgIpc) is 3.58. The third-order valence-corrected chi connectivity index (χ3v) is 4.80. The maximum absolute atomic E-state index is 12.6. The molecular weight excluding hydrogens is 438 g/mol. The molecule has 9 N–H and O–H groups in total. The Morgan fingerprint density at radius 3 is 1.67 bits per heavy atom. The van der Waals surface area contributed by atoms with Gasteiger partial charge in [-0.05, 0) is 0 Å². The predicted molar refractivity (Wildman–Crippen MR) is 107 cm³/mol. The minimum absolute atomic E-state index is 0.00120. The van der Waals surface area contributed by atoms with Crippen molar-refractivity contribution in [2.45, 2.75) is 18.1 Å². The van der Waals surface area contributed by atoms with Crippen LogP contribution >= 0.6 is 0 Å². The van der Waals surface area contributed by atoms with E-state index in [2.05, 4.69) is 30.9 Å². The quantitative estimate of drug-likeness (QED) is 0.255. The topological polar surface area (TPSA) is 243 Å². The molecule has 3 amide bonds. The van der Waals surface area contributed by atoms with Crippen LogP contribution in [0.3, 0.4) is 0 Å². The highest BCUT2D eigenvalue weighted by atomic mass is 16.4. The summed E-state index contributed by atoms with van der Waals surface area (Å²) in [5.74, 6) is -2.26. The van der Waals surface area contributed by atoms with Crippen molar-refractivity contribution in [1.29, 1.82) is 0 Å². The van der Waals surface area contributed by atoms with E-state index in [9.17, 15) is 14.4 Å². The lowest BCUT2D eigenvalue weighted by atomic mass is 10.2. The fraction of sp³-hybridized carbons (Fsp3) is 0.333. The highest BCUT2D eigenvalue weighted by Gasteiger charge is 2.28. The summed E-state index contributed by atoms with van der Waals surface area (Å²) in [6.45, 7) is -0.213. The number of nitrogens with zero attached hydrogens (tertiary/aromatic N) is 3. The van der Waals surface area contributed by atoms with E-state index in [0.717, 1.165) is 12.5 Å². The largest absolute Gasteiger partial charge is 0.446 e. The number of fused-ring (bicyclic) bond motifs is 6. The predicted octanol–water partition coefficient (Wildman–Crippen LogP) is -1.75. The Hall–Kier alpha value is -4.08. The lowest BCUT2D eigenvalue weighted by molar-refractivity contribution is 0.0895. The van der Waals surface area contributed by atoms with Gasteiger partial charge in [-0.2, -0.15) is 0 Å². The summed E-state index contributed by atoms with van der Waals surface area (Å²) in [4.78, 5) is 50.1. The molecule has 0 saturated heterocycles. The zero-order valence-electron chi connectivity index (χ0n) is 17.1. The van der Waals surface area contributed by atoms with E-state index in [1.165, 1.54) is 6.26 Å². The van der Waals surface area contributed by atoms with Gasteiger partial charge >= 0.3 is 5.91 Å². The standard InChI is InChI=1S/C18H21N9O6/c19-1-7-10-4-33-18(25-10)15(30)24-9(3-21)17-27-12(6-32-17)14(29)23-8(2-20)16-26-11(5-31-16)13(28)22-7/h4-9H,1-3,19-21H2,(H,22,28)(H,23,29)(H,24,30)/t7-,8-,9-/m0/s1. The molecule has 0 aromatic carbocycles. The number of amides is 3. The van der Waals surface area contributed by atoms with Crippen LogP contribution in [0.4, 0.5) is 0 Å². The van der Waals surface area contributed by atoms with Crippen LogP contribution < -0.4 is 33.2 Å². The number of nitrogens with two attached hydrogens (primary N) is 3. The smallest absolute Gasteiger partial charge is 0.307 e. The summed E-state index contributed by atoms with van der Waals surface area (Å²) in [5, 5.41) is 7.80. The molecule has 0 radical (unpaired) electrons. The number of hydrogen-bond donors (Lipinski definition) is 6. The minimum atomic E-state index is -0.877. The molecule has 0 unspecified atom stereocenters. The molecular formula is C18H21N9O6. The van der Waals surface area contributed by atoms with Crippen molar-refractivity contribution in [2.24, 2.45) is 17.2 Å². The summed E-state index contributed by atoms with van der Waals surface area (Å²) in [7, 11) is 0. The molecule has 3 atom stereocenters. The normalized spacial score (nSPS) is 21.5. The van der Waals surface area contributed by atoms with Crippen molar-refractivity contribution in [3.05, 3.63) is 53.5 Å². The van der Waals surface area contributed by atoms with Crippen molar-refractivity contribution >= 4 is 17.7 Å². The Labute approximate surface area is 185 Å².